The van der Waals surface area contributed by atoms with E-state index in [0.29, 0.717) is 77.3 Å². The van der Waals surface area contributed by atoms with Gasteiger partial charge in [-0.15, -0.1) is 75.6 Å². The van der Waals surface area contributed by atoms with E-state index in [1.807, 2.05) is 91.7 Å². The van der Waals surface area contributed by atoms with Crippen LogP contribution in [0, 0.1) is 20.1 Å². The van der Waals surface area contributed by atoms with Crippen LogP contribution in [0.25, 0.3) is 9.69 Å². The van der Waals surface area contributed by atoms with Crippen molar-refractivity contribution in [2.24, 2.45) is 0 Å². The number of carbonyl (C=O) groups is 1. The first kappa shape index (κ1) is 77.8. The summed E-state index contributed by atoms with van der Waals surface area (Å²) in [5.41, 5.74) is 2.06. The van der Waals surface area contributed by atoms with Gasteiger partial charge in [0.2, 0.25) is 11.6 Å². The number of thioether (sulfide) groups is 7. The molecule has 0 aliphatic rings. The summed E-state index contributed by atoms with van der Waals surface area (Å²) in [6.07, 6.45) is 10.5. The Hall–Kier alpha value is -5.23. The van der Waals surface area contributed by atoms with E-state index in [1.54, 1.807) is 135 Å². The van der Waals surface area contributed by atoms with Gasteiger partial charge < -0.3 is 19.1 Å². The Morgan fingerprint density at radius 2 is 1.09 bits per heavy atom. The number of ether oxygens (including phenoxy) is 3. The Morgan fingerprint density at radius 3 is 1.60 bits per heavy atom. The number of aryl methyl sites for hydroxylation is 1. The van der Waals surface area contributed by atoms with Crippen molar-refractivity contribution in [2.75, 3.05) is 20.8 Å². The van der Waals surface area contributed by atoms with Crippen LogP contribution in [-0.4, -0.2) is 103 Å². The van der Waals surface area contributed by atoms with E-state index < -0.39 is 0 Å². The van der Waals surface area contributed by atoms with Crippen LogP contribution in [0.15, 0.2) is 157 Å². The van der Waals surface area contributed by atoms with Gasteiger partial charge in [0.25, 0.3) is 0 Å². The van der Waals surface area contributed by atoms with Crippen molar-refractivity contribution in [1.29, 1.82) is 0 Å². The molecule has 0 unspecified atom stereocenters. The van der Waals surface area contributed by atoms with Gasteiger partial charge in [0.05, 0.1) is 47.4 Å². The summed E-state index contributed by atoms with van der Waals surface area (Å²) in [4.78, 5) is 54.3. The molecule has 0 aliphatic carbocycles. The fourth-order valence-corrected chi connectivity index (χ4v) is 11.4. The third-order valence-electron chi connectivity index (χ3n) is 8.75. The highest BCUT2D eigenvalue weighted by atomic mass is 35.5. The predicted molar refractivity (Wildman–Crippen MR) is 366 cm³/mol. The second kappa shape index (κ2) is 46.0. The third kappa shape index (κ3) is 39.2. The molecule has 14 nitrogen and oxygen atoms in total. The van der Waals surface area contributed by atoms with Crippen LogP contribution in [0.5, 0.6) is 11.6 Å². The molecule has 0 amide bonds. The van der Waals surface area contributed by atoms with Gasteiger partial charge in [-0.3, -0.25) is 9.97 Å². The maximum atomic E-state index is 11.4. The van der Waals surface area contributed by atoms with E-state index in [-0.39, 0.29) is 5.97 Å². The summed E-state index contributed by atoms with van der Waals surface area (Å²) >= 11 is 17.8. The highest BCUT2D eigenvalue weighted by Gasteiger charge is 2.11. The average Bonchev–Trinajstić information content (AvgIpc) is 3.47. The molecule has 85 heavy (non-hydrogen) atoms. The predicted octanol–water partition coefficient (Wildman–Crippen LogP) is 19.7. The Kier molecular flexibility index (Phi) is 42.1. The average molecular weight is 1300 g/mol. The number of hydrogen-bond donors (Lipinski definition) is 0. The third-order valence-corrected chi connectivity index (χ3v) is 15.6. The van der Waals surface area contributed by atoms with Crippen molar-refractivity contribution in [1.82, 2.24) is 39.9 Å². The summed E-state index contributed by atoms with van der Waals surface area (Å²) in [7, 11) is 3.15. The summed E-state index contributed by atoms with van der Waals surface area (Å²) in [5, 5.41) is 8.12. The lowest BCUT2D eigenvalue weighted by Crippen LogP contribution is -2.07. The van der Waals surface area contributed by atoms with E-state index in [4.69, 9.17) is 39.0 Å². The zero-order chi connectivity index (χ0) is 63.7. The molecule has 0 atom stereocenters. The van der Waals surface area contributed by atoms with E-state index in [0.717, 1.165) is 30.8 Å². The molecule has 22 heteroatoms. The first-order chi connectivity index (χ1) is 40.4. The van der Waals surface area contributed by atoms with Crippen LogP contribution in [0.4, 0.5) is 11.5 Å². The molecule has 0 aromatic carbocycles. The SMILES string of the molecule is CC(C)Sc1ccccn1.CC(C)Sc1ccnc(Cl)c1.CCOC(=O)c1cccc(SC(C)C)n1.COc1ccnc(SC(C)C)n1.Cc1ccc(SC(C)C)cn1.[C-]#[N+]c1ccc(SC(C)C)nc1.[C-]#[N+]c1ncc(SC(C)C)cc1OC. The zero-order valence-electron chi connectivity index (χ0n) is 52.1. The molecule has 458 valence electrons. The molecular formula is C63H83ClN10O4S7. The molecular weight excluding hydrogens is 1220 g/mol. The largest absolute Gasteiger partial charge is 0.506 e. The van der Waals surface area contributed by atoms with E-state index in [1.165, 1.54) is 9.79 Å². The lowest BCUT2D eigenvalue weighted by Gasteiger charge is -2.06. The smallest absolute Gasteiger partial charge is 0.356 e. The highest BCUT2D eigenvalue weighted by Crippen LogP contribution is 2.32. The number of hydrogen-bond acceptors (Lipinski definition) is 19. The molecule has 7 aromatic rings. The quantitative estimate of drug-likeness (QED) is 0.0262. The minimum atomic E-state index is -0.358. The van der Waals surface area contributed by atoms with Gasteiger partial charge in [-0.1, -0.05) is 145 Å². The van der Waals surface area contributed by atoms with Crippen LogP contribution in [0.2, 0.25) is 5.15 Å². The fourth-order valence-electron chi connectivity index (χ4n) is 5.67. The first-order valence-corrected chi connectivity index (χ1v) is 33.8. The van der Waals surface area contributed by atoms with Crippen LogP contribution >= 0.6 is 93.9 Å². The Bertz CT molecular complexity index is 3010. The normalized spacial score (nSPS) is 10.3. The lowest BCUT2D eigenvalue weighted by atomic mass is 10.3. The van der Waals surface area contributed by atoms with Gasteiger partial charge in [0.1, 0.15) is 22.8 Å². The number of nitrogens with zero attached hydrogens (tertiary/aromatic N) is 10. The Labute approximate surface area is 542 Å². The number of aromatic nitrogens is 8. The Morgan fingerprint density at radius 1 is 0.518 bits per heavy atom. The zero-order valence-corrected chi connectivity index (χ0v) is 58.6. The molecule has 7 rings (SSSR count). The molecule has 0 fully saturated rings. The second-order valence-electron chi connectivity index (χ2n) is 19.0. The summed E-state index contributed by atoms with van der Waals surface area (Å²) in [5.74, 6) is 1.13. The van der Waals surface area contributed by atoms with Gasteiger partial charge in [-0.2, -0.15) is 4.98 Å². The number of esters is 1. The van der Waals surface area contributed by atoms with Crippen LogP contribution in [0.3, 0.4) is 0 Å². The number of pyridine rings is 6. The van der Waals surface area contributed by atoms with Crippen molar-refractivity contribution in [2.45, 2.75) is 182 Å². The molecule has 0 saturated heterocycles. The maximum absolute atomic E-state index is 11.4. The van der Waals surface area contributed by atoms with Crippen molar-refractivity contribution < 1.29 is 19.0 Å². The van der Waals surface area contributed by atoms with Crippen LogP contribution in [0.1, 0.15) is 120 Å². The molecule has 0 aliphatic heterocycles. The van der Waals surface area contributed by atoms with Gasteiger partial charge in [0, 0.05) is 89.3 Å². The fraction of sp³-hybridized carbons (Fsp3) is 0.413. The van der Waals surface area contributed by atoms with Crippen molar-refractivity contribution in [3.8, 4) is 11.6 Å². The number of methoxy groups -OCH3 is 2. The molecule has 0 saturated carbocycles. The summed E-state index contributed by atoms with van der Waals surface area (Å²) < 4.78 is 14.9. The molecule has 0 N–H and O–H groups in total. The van der Waals surface area contributed by atoms with Gasteiger partial charge in [0.15, 0.2) is 5.16 Å². The Balaban J connectivity index is 0.000000498. The topological polar surface area (TPSA) is 157 Å². The number of carbonyl (C=O) groups excluding carboxylic acids is 1. The van der Waals surface area contributed by atoms with Crippen molar-refractivity contribution >= 4 is 111 Å². The van der Waals surface area contributed by atoms with Gasteiger partial charge in [-0.05, 0) is 74.5 Å². The second-order valence-corrected chi connectivity index (χ2v) is 30.7. The first-order valence-electron chi connectivity index (χ1n) is 27.3. The number of rotatable bonds is 18. The molecule has 0 bridgehead atoms. The van der Waals surface area contributed by atoms with Crippen molar-refractivity contribution in [3.63, 3.8) is 0 Å². The van der Waals surface area contributed by atoms with Gasteiger partial charge >= 0.3 is 11.8 Å². The van der Waals surface area contributed by atoms with E-state index in [2.05, 4.69) is 153 Å². The molecule has 0 radical (unpaired) electrons. The lowest BCUT2D eigenvalue weighted by molar-refractivity contribution is 0.0518. The van der Waals surface area contributed by atoms with Gasteiger partial charge in [-0.25, -0.2) is 29.6 Å². The molecule has 7 heterocycles. The standard InChI is InChI=1S/C11H15NO2S.C10H12N2OS.C9H10N2S.C9H13NS.C8H10ClNS.C8H12N2OS.C8H11NS/c1-4-14-11(13)9-6-5-7-10(12-9)15-8(2)3;1-7(2)14-8-5-9(13-4)10(11-3)12-6-8;1-7(2)12-9-5-4-8(10-3)6-11-9;1-7(2)11-9-5-4-8(3)10-6-9;1-6(2)11-7-3-4-10-8(9)5-7;1-6(2)12-8-9-5-4-7(10-8)11-3;1-7(2)10-8-5-3-4-6-9-8/h5-8H,4H2,1-3H3;5-7H,1-2,4H3;4-7H,1-2H3;4-7H,1-3H3;3-6H,1-2H3;4-6H,1-3H3;3-7H,1-2H3. The van der Waals surface area contributed by atoms with Crippen molar-refractivity contribution in [3.05, 3.63) is 161 Å². The van der Waals surface area contributed by atoms with E-state index >= 15 is 0 Å². The molecule has 0 spiro atoms. The van der Waals surface area contributed by atoms with Crippen LogP contribution < -0.4 is 9.47 Å². The summed E-state index contributed by atoms with van der Waals surface area (Å²) in [6.45, 7) is 47.6. The highest BCUT2D eigenvalue weighted by molar-refractivity contribution is 8.01. The van der Waals surface area contributed by atoms with E-state index in [9.17, 15) is 4.79 Å². The molecule has 7 aromatic heterocycles. The minimum absolute atomic E-state index is 0.320. The maximum Gasteiger partial charge on any atom is 0.356 e. The monoisotopic (exact) mass is 1300 g/mol. The summed E-state index contributed by atoms with van der Waals surface area (Å²) in [6, 6.07) is 26.7. The van der Waals surface area contributed by atoms with Crippen LogP contribution in [-0.2, 0) is 4.74 Å². The minimum Gasteiger partial charge on any atom is -0.506 e. The number of halogens is 1.